The number of para-hydroxylation sites is 1. The molecule has 1 aliphatic heterocycles. The molecular formula is C11H11ClN2O. The van der Waals surface area contributed by atoms with Crippen molar-refractivity contribution in [3.05, 3.63) is 23.2 Å². The number of rotatable bonds is 0. The SMILES string of the molecule is CN1c2c(Cl)cccc2NC(=O)C12CC2. The van der Waals surface area contributed by atoms with E-state index in [2.05, 4.69) is 5.32 Å². The summed E-state index contributed by atoms with van der Waals surface area (Å²) in [5.41, 5.74) is 1.43. The molecule has 0 atom stereocenters. The number of fused-ring (bicyclic) bond motifs is 1. The molecule has 78 valence electrons. The van der Waals surface area contributed by atoms with Crippen LogP contribution in [0.25, 0.3) is 0 Å². The van der Waals surface area contributed by atoms with Gasteiger partial charge in [0.1, 0.15) is 5.54 Å². The summed E-state index contributed by atoms with van der Waals surface area (Å²) in [6, 6.07) is 5.58. The zero-order chi connectivity index (χ0) is 10.6. The molecule has 0 bridgehead atoms. The zero-order valence-corrected chi connectivity index (χ0v) is 9.14. The standard InChI is InChI=1S/C11H11ClN2O/c1-14-9-7(12)3-2-4-8(9)13-10(15)11(14)5-6-11/h2-4H,5-6H2,1H3,(H,13,15). The molecule has 3 rings (SSSR count). The van der Waals surface area contributed by atoms with E-state index in [0.29, 0.717) is 5.02 Å². The maximum Gasteiger partial charge on any atom is 0.250 e. The predicted octanol–water partition coefficient (Wildman–Crippen LogP) is 2.26. The molecule has 1 amide bonds. The number of anilines is 2. The largest absolute Gasteiger partial charge is 0.357 e. The lowest BCUT2D eigenvalue weighted by atomic mass is 10.1. The molecule has 15 heavy (non-hydrogen) atoms. The van der Waals surface area contributed by atoms with Crippen LogP contribution in [0.15, 0.2) is 18.2 Å². The van der Waals surface area contributed by atoms with E-state index in [0.717, 1.165) is 24.2 Å². The predicted molar refractivity (Wildman–Crippen MR) is 60.4 cm³/mol. The van der Waals surface area contributed by atoms with Crippen molar-refractivity contribution in [3.63, 3.8) is 0 Å². The second-order valence-electron chi connectivity index (χ2n) is 4.18. The molecule has 1 spiro atoms. The molecule has 0 radical (unpaired) electrons. The van der Waals surface area contributed by atoms with Crippen LogP contribution in [0.5, 0.6) is 0 Å². The van der Waals surface area contributed by atoms with Crippen LogP contribution in [-0.2, 0) is 4.79 Å². The van der Waals surface area contributed by atoms with Gasteiger partial charge < -0.3 is 10.2 Å². The quantitative estimate of drug-likeness (QED) is 0.730. The smallest absolute Gasteiger partial charge is 0.250 e. The lowest BCUT2D eigenvalue weighted by Crippen LogP contribution is -2.48. The lowest BCUT2D eigenvalue weighted by molar-refractivity contribution is -0.118. The summed E-state index contributed by atoms with van der Waals surface area (Å²) in [5.74, 6) is 0.0970. The van der Waals surface area contributed by atoms with Crippen molar-refractivity contribution < 1.29 is 4.79 Å². The summed E-state index contributed by atoms with van der Waals surface area (Å²) >= 11 is 6.15. The minimum Gasteiger partial charge on any atom is -0.357 e. The van der Waals surface area contributed by atoms with Gasteiger partial charge in [0, 0.05) is 7.05 Å². The van der Waals surface area contributed by atoms with Crippen molar-refractivity contribution in [2.24, 2.45) is 0 Å². The second-order valence-corrected chi connectivity index (χ2v) is 4.59. The number of nitrogens with zero attached hydrogens (tertiary/aromatic N) is 1. The van der Waals surface area contributed by atoms with Crippen LogP contribution in [0.1, 0.15) is 12.8 Å². The highest BCUT2D eigenvalue weighted by Gasteiger charge is 2.56. The number of benzene rings is 1. The lowest BCUT2D eigenvalue weighted by Gasteiger charge is -2.36. The van der Waals surface area contributed by atoms with E-state index in [1.165, 1.54) is 0 Å². The van der Waals surface area contributed by atoms with E-state index in [-0.39, 0.29) is 11.4 Å². The van der Waals surface area contributed by atoms with E-state index >= 15 is 0 Å². The number of amides is 1. The van der Waals surface area contributed by atoms with Gasteiger partial charge in [0.25, 0.3) is 0 Å². The van der Waals surface area contributed by atoms with Crippen molar-refractivity contribution in [2.75, 3.05) is 17.3 Å². The average molecular weight is 223 g/mol. The number of likely N-dealkylation sites (N-methyl/N-ethyl adjacent to an activating group) is 1. The highest BCUT2D eigenvalue weighted by molar-refractivity contribution is 6.34. The Morgan fingerprint density at radius 1 is 1.47 bits per heavy atom. The number of carbonyl (C=O) groups excluding carboxylic acids is 1. The minimum absolute atomic E-state index is 0.0970. The molecule has 2 aliphatic rings. The summed E-state index contributed by atoms with van der Waals surface area (Å²) in [5, 5.41) is 3.61. The maximum absolute atomic E-state index is 11.9. The number of halogens is 1. The third-order valence-corrected chi connectivity index (χ3v) is 3.66. The average Bonchev–Trinajstić information content (AvgIpc) is 2.96. The molecule has 0 unspecified atom stereocenters. The van der Waals surface area contributed by atoms with Crippen molar-refractivity contribution in [2.45, 2.75) is 18.4 Å². The Hall–Kier alpha value is -1.22. The van der Waals surface area contributed by atoms with Crippen LogP contribution in [0.2, 0.25) is 5.02 Å². The van der Waals surface area contributed by atoms with Crippen molar-refractivity contribution in [1.82, 2.24) is 0 Å². The van der Waals surface area contributed by atoms with Gasteiger partial charge in [-0.3, -0.25) is 4.79 Å². The fourth-order valence-corrected chi connectivity index (χ4v) is 2.54. The van der Waals surface area contributed by atoms with Gasteiger partial charge in [-0.1, -0.05) is 17.7 Å². The van der Waals surface area contributed by atoms with Gasteiger partial charge in [-0.15, -0.1) is 0 Å². The van der Waals surface area contributed by atoms with Crippen LogP contribution in [0.3, 0.4) is 0 Å². The first-order valence-electron chi connectivity index (χ1n) is 4.99. The Kier molecular flexibility index (Phi) is 1.61. The summed E-state index contributed by atoms with van der Waals surface area (Å²) < 4.78 is 0. The van der Waals surface area contributed by atoms with Gasteiger partial charge in [-0.25, -0.2) is 0 Å². The molecule has 1 N–H and O–H groups in total. The molecule has 4 heteroatoms. The molecule has 1 heterocycles. The summed E-state index contributed by atoms with van der Waals surface area (Å²) in [6.07, 6.45) is 1.83. The Balaban J connectivity index is 2.19. The van der Waals surface area contributed by atoms with E-state index < -0.39 is 0 Å². The second kappa shape index (κ2) is 2.67. The van der Waals surface area contributed by atoms with E-state index in [1.807, 2.05) is 30.1 Å². The van der Waals surface area contributed by atoms with Crippen molar-refractivity contribution in [1.29, 1.82) is 0 Å². The summed E-state index contributed by atoms with van der Waals surface area (Å²) in [7, 11) is 1.94. The topological polar surface area (TPSA) is 32.3 Å². The van der Waals surface area contributed by atoms with Gasteiger partial charge in [0.2, 0.25) is 5.91 Å². The third kappa shape index (κ3) is 1.04. The fraction of sp³-hybridized carbons (Fsp3) is 0.364. The Bertz CT molecular complexity index is 454. The van der Waals surface area contributed by atoms with E-state index in [4.69, 9.17) is 11.6 Å². The summed E-state index contributed by atoms with van der Waals surface area (Å²) in [4.78, 5) is 13.9. The molecule has 3 nitrogen and oxygen atoms in total. The number of hydrogen-bond donors (Lipinski definition) is 1. The number of carbonyl (C=O) groups is 1. The van der Waals surface area contributed by atoms with Gasteiger partial charge in [-0.2, -0.15) is 0 Å². The normalized spacial score (nSPS) is 21.2. The van der Waals surface area contributed by atoms with Crippen molar-refractivity contribution >= 4 is 28.9 Å². The first-order valence-corrected chi connectivity index (χ1v) is 5.37. The van der Waals surface area contributed by atoms with Gasteiger partial charge in [0.05, 0.1) is 16.4 Å². The first kappa shape index (κ1) is 9.04. The molecule has 1 aliphatic carbocycles. The minimum atomic E-state index is -0.321. The Labute approximate surface area is 93.0 Å². The molecule has 1 aromatic rings. The monoisotopic (exact) mass is 222 g/mol. The van der Waals surface area contributed by atoms with Crippen LogP contribution in [-0.4, -0.2) is 18.5 Å². The molecule has 0 aromatic heterocycles. The molecule has 1 aromatic carbocycles. The summed E-state index contributed by atoms with van der Waals surface area (Å²) in [6.45, 7) is 0. The number of nitrogens with one attached hydrogen (secondary N) is 1. The van der Waals surface area contributed by atoms with Crippen LogP contribution in [0, 0.1) is 0 Å². The van der Waals surface area contributed by atoms with E-state index in [1.54, 1.807) is 0 Å². The van der Waals surface area contributed by atoms with Gasteiger partial charge >= 0.3 is 0 Å². The molecule has 1 fully saturated rings. The maximum atomic E-state index is 11.9. The van der Waals surface area contributed by atoms with Crippen molar-refractivity contribution in [3.8, 4) is 0 Å². The Morgan fingerprint density at radius 2 is 2.20 bits per heavy atom. The highest BCUT2D eigenvalue weighted by Crippen LogP contribution is 2.51. The first-order chi connectivity index (χ1) is 7.15. The van der Waals surface area contributed by atoms with Crippen LogP contribution in [0.4, 0.5) is 11.4 Å². The molecular weight excluding hydrogens is 212 g/mol. The third-order valence-electron chi connectivity index (χ3n) is 3.36. The van der Waals surface area contributed by atoms with Gasteiger partial charge in [-0.05, 0) is 25.0 Å². The zero-order valence-electron chi connectivity index (χ0n) is 8.38. The highest BCUT2D eigenvalue weighted by atomic mass is 35.5. The van der Waals surface area contributed by atoms with E-state index in [9.17, 15) is 4.79 Å². The van der Waals surface area contributed by atoms with Gasteiger partial charge in [0.15, 0.2) is 0 Å². The Morgan fingerprint density at radius 3 is 2.87 bits per heavy atom. The van der Waals surface area contributed by atoms with Crippen LogP contribution < -0.4 is 10.2 Å². The number of hydrogen-bond acceptors (Lipinski definition) is 2. The molecule has 0 saturated heterocycles. The fourth-order valence-electron chi connectivity index (χ4n) is 2.24. The van der Waals surface area contributed by atoms with Crippen LogP contribution >= 0.6 is 11.6 Å². The molecule has 1 saturated carbocycles.